The fraction of sp³-hybridized carbons (Fsp3) is 0. The van der Waals surface area contributed by atoms with Gasteiger partial charge >= 0.3 is 0 Å². The largest absolute Gasteiger partial charge is 0.287 e. The highest BCUT2D eigenvalue weighted by Gasteiger charge is 2.16. The number of hydrogen-bond donors (Lipinski definition) is 0. The summed E-state index contributed by atoms with van der Waals surface area (Å²) in [6.07, 6.45) is 0. The zero-order valence-corrected chi connectivity index (χ0v) is 8.09. The van der Waals surface area contributed by atoms with Gasteiger partial charge < -0.3 is 0 Å². The standard InChI is InChI=1S/C9H4F2N2OS/c10-5-1-2-6(7(11)3-5)9(14)8-4-15-13-12-8/h1-4H. The molecule has 3 nitrogen and oxygen atoms in total. The zero-order valence-electron chi connectivity index (χ0n) is 7.28. The van der Waals surface area contributed by atoms with Crippen LogP contribution in [0.3, 0.4) is 0 Å². The van der Waals surface area contributed by atoms with Gasteiger partial charge in [-0.05, 0) is 23.7 Å². The minimum atomic E-state index is -0.895. The van der Waals surface area contributed by atoms with E-state index in [-0.39, 0.29) is 11.3 Å². The lowest BCUT2D eigenvalue weighted by atomic mass is 10.1. The van der Waals surface area contributed by atoms with Gasteiger partial charge in [-0.2, -0.15) is 0 Å². The van der Waals surface area contributed by atoms with Gasteiger partial charge in [-0.25, -0.2) is 8.78 Å². The van der Waals surface area contributed by atoms with Crippen molar-refractivity contribution < 1.29 is 13.6 Å². The van der Waals surface area contributed by atoms with Crippen LogP contribution in [0, 0.1) is 11.6 Å². The van der Waals surface area contributed by atoms with Gasteiger partial charge in [0, 0.05) is 11.4 Å². The van der Waals surface area contributed by atoms with E-state index in [1.54, 1.807) is 0 Å². The Hall–Kier alpha value is -1.69. The molecule has 0 atom stereocenters. The fourth-order valence-electron chi connectivity index (χ4n) is 1.08. The summed E-state index contributed by atoms with van der Waals surface area (Å²) in [6.45, 7) is 0. The van der Waals surface area contributed by atoms with Crippen LogP contribution in [-0.2, 0) is 0 Å². The Kier molecular flexibility index (Phi) is 2.51. The first kappa shape index (κ1) is 9.85. The number of benzene rings is 1. The van der Waals surface area contributed by atoms with Gasteiger partial charge in [0.05, 0.1) is 5.56 Å². The first-order valence-electron chi connectivity index (χ1n) is 3.95. The quantitative estimate of drug-likeness (QED) is 0.736. The lowest BCUT2D eigenvalue weighted by molar-refractivity contribution is 0.103. The zero-order chi connectivity index (χ0) is 10.8. The molecule has 2 aromatic rings. The number of rotatable bonds is 2. The second kappa shape index (κ2) is 3.82. The maximum Gasteiger partial charge on any atom is 0.217 e. The van der Waals surface area contributed by atoms with Gasteiger partial charge in [-0.15, -0.1) is 5.10 Å². The summed E-state index contributed by atoms with van der Waals surface area (Å²) >= 11 is 0.993. The summed E-state index contributed by atoms with van der Waals surface area (Å²) in [5, 5.41) is 4.92. The monoisotopic (exact) mass is 226 g/mol. The van der Waals surface area contributed by atoms with E-state index in [2.05, 4.69) is 9.59 Å². The molecule has 0 bridgehead atoms. The molecule has 76 valence electrons. The van der Waals surface area contributed by atoms with Gasteiger partial charge in [-0.1, -0.05) is 4.49 Å². The van der Waals surface area contributed by atoms with Gasteiger partial charge in [0.2, 0.25) is 5.78 Å². The van der Waals surface area contributed by atoms with Crippen molar-refractivity contribution >= 4 is 17.3 Å². The summed E-state index contributed by atoms with van der Waals surface area (Å²) < 4.78 is 29.3. The minimum absolute atomic E-state index is 0.0607. The van der Waals surface area contributed by atoms with Crippen LogP contribution >= 0.6 is 11.5 Å². The third-order valence-electron chi connectivity index (χ3n) is 1.77. The van der Waals surface area contributed by atoms with Crippen molar-refractivity contribution in [2.24, 2.45) is 0 Å². The second-order valence-electron chi connectivity index (χ2n) is 2.74. The number of carbonyl (C=O) groups is 1. The molecule has 2 rings (SSSR count). The van der Waals surface area contributed by atoms with Crippen molar-refractivity contribution in [3.63, 3.8) is 0 Å². The van der Waals surface area contributed by atoms with Crippen LogP contribution in [0.1, 0.15) is 16.1 Å². The topological polar surface area (TPSA) is 42.9 Å². The Labute approximate surface area is 87.5 Å². The van der Waals surface area contributed by atoms with E-state index in [1.165, 1.54) is 5.38 Å². The molecule has 0 saturated heterocycles. The Bertz CT molecular complexity index is 499. The highest BCUT2D eigenvalue weighted by molar-refractivity contribution is 7.03. The molecule has 1 aromatic heterocycles. The SMILES string of the molecule is O=C(c1csnn1)c1ccc(F)cc1F. The molecule has 0 fully saturated rings. The summed E-state index contributed by atoms with van der Waals surface area (Å²) in [7, 11) is 0. The number of ketones is 1. The van der Waals surface area contributed by atoms with E-state index < -0.39 is 17.4 Å². The molecular formula is C9H4F2N2OS. The van der Waals surface area contributed by atoms with Crippen molar-refractivity contribution in [1.29, 1.82) is 0 Å². The molecule has 1 heterocycles. The highest BCUT2D eigenvalue weighted by atomic mass is 32.1. The average molecular weight is 226 g/mol. The van der Waals surface area contributed by atoms with Crippen molar-refractivity contribution in [3.8, 4) is 0 Å². The number of nitrogens with zero attached hydrogens (tertiary/aromatic N) is 2. The number of hydrogen-bond acceptors (Lipinski definition) is 4. The summed E-state index contributed by atoms with van der Waals surface area (Å²) in [6, 6.07) is 2.77. The summed E-state index contributed by atoms with van der Waals surface area (Å²) in [5.74, 6) is -2.21. The van der Waals surface area contributed by atoms with Crippen LogP contribution in [0.25, 0.3) is 0 Å². The molecule has 0 aliphatic rings. The highest BCUT2D eigenvalue weighted by Crippen LogP contribution is 2.13. The predicted molar refractivity (Wildman–Crippen MR) is 49.7 cm³/mol. The number of aromatic nitrogens is 2. The molecule has 15 heavy (non-hydrogen) atoms. The van der Waals surface area contributed by atoms with Crippen LogP contribution in [0.15, 0.2) is 23.6 Å². The normalized spacial score (nSPS) is 10.3. The molecule has 1 aromatic carbocycles. The van der Waals surface area contributed by atoms with Gasteiger partial charge in [-0.3, -0.25) is 4.79 Å². The van der Waals surface area contributed by atoms with Crippen molar-refractivity contribution in [1.82, 2.24) is 9.59 Å². The van der Waals surface area contributed by atoms with Crippen LogP contribution in [0.2, 0.25) is 0 Å². The van der Waals surface area contributed by atoms with E-state index >= 15 is 0 Å². The molecule has 0 aliphatic carbocycles. The molecule has 0 spiro atoms. The maximum absolute atomic E-state index is 13.2. The Morgan fingerprint density at radius 1 is 1.33 bits per heavy atom. The van der Waals surface area contributed by atoms with Crippen LogP contribution in [-0.4, -0.2) is 15.4 Å². The lowest BCUT2D eigenvalue weighted by Gasteiger charge is -1.98. The molecule has 6 heteroatoms. The third-order valence-corrected chi connectivity index (χ3v) is 2.27. The maximum atomic E-state index is 13.2. The summed E-state index contributed by atoms with van der Waals surface area (Å²) in [5.41, 5.74) is -0.144. The molecule has 0 aliphatic heterocycles. The molecule has 0 radical (unpaired) electrons. The predicted octanol–water partition coefficient (Wildman–Crippen LogP) is 2.05. The van der Waals surface area contributed by atoms with E-state index in [4.69, 9.17) is 0 Å². The van der Waals surface area contributed by atoms with Crippen LogP contribution < -0.4 is 0 Å². The molecule has 0 N–H and O–H groups in total. The van der Waals surface area contributed by atoms with Gasteiger partial charge in [0.25, 0.3) is 0 Å². The Balaban J connectivity index is 2.42. The molecule has 0 unspecified atom stereocenters. The second-order valence-corrected chi connectivity index (χ2v) is 3.35. The summed E-state index contributed by atoms with van der Waals surface area (Å²) in [4.78, 5) is 11.6. The van der Waals surface area contributed by atoms with E-state index in [9.17, 15) is 13.6 Å². The molecule has 0 amide bonds. The van der Waals surface area contributed by atoms with Crippen molar-refractivity contribution in [2.45, 2.75) is 0 Å². The van der Waals surface area contributed by atoms with Gasteiger partial charge in [0.1, 0.15) is 17.3 Å². The first-order valence-corrected chi connectivity index (χ1v) is 4.79. The van der Waals surface area contributed by atoms with E-state index in [1.807, 2.05) is 0 Å². The van der Waals surface area contributed by atoms with Crippen LogP contribution in [0.5, 0.6) is 0 Å². The van der Waals surface area contributed by atoms with Crippen molar-refractivity contribution in [2.75, 3.05) is 0 Å². The van der Waals surface area contributed by atoms with Crippen LogP contribution in [0.4, 0.5) is 8.78 Å². The first-order chi connectivity index (χ1) is 7.18. The van der Waals surface area contributed by atoms with E-state index in [0.717, 1.165) is 23.7 Å². The van der Waals surface area contributed by atoms with E-state index in [0.29, 0.717) is 6.07 Å². The molecular weight excluding hydrogens is 222 g/mol. The third kappa shape index (κ3) is 1.89. The minimum Gasteiger partial charge on any atom is -0.287 e. The molecule has 0 saturated carbocycles. The Morgan fingerprint density at radius 2 is 2.13 bits per heavy atom. The average Bonchev–Trinajstić information content (AvgIpc) is 2.69. The number of halogens is 2. The fourth-order valence-corrected chi connectivity index (χ4v) is 1.51. The van der Waals surface area contributed by atoms with Crippen molar-refractivity contribution in [3.05, 3.63) is 46.5 Å². The van der Waals surface area contributed by atoms with Gasteiger partial charge in [0.15, 0.2) is 0 Å². The Morgan fingerprint density at radius 3 is 2.73 bits per heavy atom. The smallest absolute Gasteiger partial charge is 0.217 e. The lowest BCUT2D eigenvalue weighted by Crippen LogP contribution is -2.05. The number of carbonyl (C=O) groups excluding carboxylic acids is 1.